The van der Waals surface area contributed by atoms with Crippen LogP contribution < -0.4 is 5.32 Å². The Kier molecular flexibility index (Phi) is 5.31. The van der Waals surface area contributed by atoms with Crippen LogP contribution in [-0.2, 0) is 14.8 Å². The number of likely N-dealkylation sites (N-methyl/N-ethyl adjacent to an activating group) is 2. The van der Waals surface area contributed by atoms with E-state index in [4.69, 9.17) is 0 Å². The fourth-order valence-electron chi connectivity index (χ4n) is 1.37. The molecule has 94 valence electrons. The summed E-state index contributed by atoms with van der Waals surface area (Å²) in [5.74, 6) is -0.175. The van der Waals surface area contributed by atoms with Crippen LogP contribution in [0.3, 0.4) is 0 Å². The van der Waals surface area contributed by atoms with Gasteiger partial charge in [-0.05, 0) is 26.5 Å². The first-order valence-corrected chi connectivity index (χ1v) is 6.77. The molecule has 0 radical (unpaired) electrons. The largest absolute Gasteiger partial charge is 0.309 e. The highest BCUT2D eigenvalue weighted by molar-refractivity contribution is 7.88. The van der Waals surface area contributed by atoms with Crippen molar-refractivity contribution < 1.29 is 13.2 Å². The Morgan fingerprint density at radius 2 is 1.88 bits per heavy atom. The highest BCUT2D eigenvalue weighted by Gasteiger charge is 2.30. The summed E-state index contributed by atoms with van der Waals surface area (Å²) in [6, 6.07) is -1.03. The van der Waals surface area contributed by atoms with Gasteiger partial charge in [0.1, 0.15) is 0 Å². The van der Waals surface area contributed by atoms with E-state index in [1.54, 1.807) is 20.9 Å². The number of hydrogen-bond acceptors (Lipinski definition) is 4. The second-order valence-electron chi connectivity index (χ2n) is 3.93. The lowest BCUT2D eigenvalue weighted by molar-refractivity contribution is -0.118. The number of nitrogens with zero attached hydrogens (tertiary/aromatic N) is 1. The second-order valence-corrected chi connectivity index (χ2v) is 5.97. The lowest BCUT2D eigenvalue weighted by Gasteiger charge is -2.29. The van der Waals surface area contributed by atoms with Gasteiger partial charge >= 0.3 is 0 Å². The van der Waals surface area contributed by atoms with Crippen molar-refractivity contribution in [1.29, 1.82) is 0 Å². The number of carbonyl (C=O) groups excluding carboxylic acids is 1. The van der Waals surface area contributed by atoms with Crippen LogP contribution >= 0.6 is 0 Å². The van der Waals surface area contributed by atoms with Crippen LogP contribution in [0.4, 0.5) is 0 Å². The van der Waals surface area contributed by atoms with Crippen molar-refractivity contribution in [1.82, 2.24) is 9.62 Å². The van der Waals surface area contributed by atoms with E-state index in [1.165, 1.54) is 11.4 Å². The zero-order valence-electron chi connectivity index (χ0n) is 10.4. The molecule has 0 saturated heterocycles. The molecule has 0 aliphatic carbocycles. The Morgan fingerprint density at radius 1 is 1.44 bits per heavy atom. The van der Waals surface area contributed by atoms with Gasteiger partial charge in [0.05, 0.1) is 12.3 Å². The van der Waals surface area contributed by atoms with E-state index in [9.17, 15) is 13.2 Å². The topological polar surface area (TPSA) is 66.5 Å². The first-order chi connectivity index (χ1) is 7.12. The maximum Gasteiger partial charge on any atom is 0.211 e. The number of nitrogens with one attached hydrogen (secondary N) is 1. The van der Waals surface area contributed by atoms with E-state index in [-0.39, 0.29) is 5.78 Å². The van der Waals surface area contributed by atoms with Crippen molar-refractivity contribution >= 4 is 15.8 Å². The van der Waals surface area contributed by atoms with Crippen molar-refractivity contribution in [2.75, 3.05) is 20.4 Å². The van der Waals surface area contributed by atoms with E-state index in [2.05, 4.69) is 11.9 Å². The minimum absolute atomic E-state index is 0.175. The van der Waals surface area contributed by atoms with Gasteiger partial charge < -0.3 is 5.32 Å². The minimum atomic E-state index is -3.30. The predicted octanol–water partition coefficient (Wildman–Crippen LogP) is -0.000500. The molecule has 0 heterocycles. The molecule has 0 amide bonds. The van der Waals surface area contributed by atoms with E-state index < -0.39 is 22.1 Å². The smallest absolute Gasteiger partial charge is 0.211 e. The van der Waals surface area contributed by atoms with Gasteiger partial charge in [0, 0.05) is 13.1 Å². The van der Waals surface area contributed by atoms with E-state index in [0.29, 0.717) is 5.57 Å². The molecular weight excluding hydrogens is 228 g/mol. The summed E-state index contributed by atoms with van der Waals surface area (Å²) in [4.78, 5) is 11.8. The Labute approximate surface area is 97.6 Å². The van der Waals surface area contributed by atoms with Crippen molar-refractivity contribution in [3.05, 3.63) is 12.2 Å². The maximum atomic E-state index is 11.8. The first-order valence-electron chi connectivity index (χ1n) is 4.93. The molecule has 16 heavy (non-hydrogen) atoms. The third kappa shape index (κ3) is 3.70. The van der Waals surface area contributed by atoms with Crippen LogP contribution in [0.2, 0.25) is 0 Å². The Morgan fingerprint density at radius 3 is 2.12 bits per heavy atom. The molecule has 6 heteroatoms. The van der Waals surface area contributed by atoms with Crippen LogP contribution in [0.5, 0.6) is 0 Å². The van der Waals surface area contributed by atoms with Crippen LogP contribution in [0.1, 0.15) is 13.8 Å². The normalized spacial score (nSPS) is 15.9. The summed E-state index contributed by atoms with van der Waals surface area (Å²) in [7, 11) is -0.227. The molecule has 0 fully saturated rings. The van der Waals surface area contributed by atoms with Crippen LogP contribution in [0.25, 0.3) is 0 Å². The van der Waals surface area contributed by atoms with Crippen molar-refractivity contribution in [3.63, 3.8) is 0 Å². The Bertz CT molecular complexity index is 376. The highest BCUT2D eigenvalue weighted by atomic mass is 32.2. The average Bonchev–Trinajstić information content (AvgIpc) is 2.15. The van der Waals surface area contributed by atoms with Gasteiger partial charge in [0.15, 0.2) is 5.78 Å². The number of sulfonamides is 1. The van der Waals surface area contributed by atoms with Gasteiger partial charge in [0.2, 0.25) is 10.0 Å². The number of ketones is 1. The molecule has 0 aromatic rings. The van der Waals surface area contributed by atoms with Crippen molar-refractivity contribution in [2.45, 2.75) is 25.9 Å². The lowest BCUT2D eigenvalue weighted by atomic mass is 10.0. The monoisotopic (exact) mass is 248 g/mol. The van der Waals surface area contributed by atoms with Crippen LogP contribution in [0, 0.1) is 0 Å². The quantitative estimate of drug-likeness (QED) is 0.672. The second kappa shape index (κ2) is 5.56. The Hall–Kier alpha value is -0.720. The molecule has 0 aromatic heterocycles. The Balaban J connectivity index is 5.00. The number of hydrogen-bond donors (Lipinski definition) is 1. The molecule has 0 saturated carbocycles. The third-order valence-electron chi connectivity index (χ3n) is 2.59. The third-order valence-corrected chi connectivity index (χ3v) is 3.97. The SMILES string of the molecule is C=C(C)C(=O)C(NC)C(C)N(C)S(C)(=O)=O. The zero-order valence-corrected chi connectivity index (χ0v) is 11.3. The fourth-order valence-corrected chi connectivity index (χ4v) is 2.09. The summed E-state index contributed by atoms with van der Waals surface area (Å²) in [6.45, 7) is 6.86. The average molecular weight is 248 g/mol. The lowest BCUT2D eigenvalue weighted by Crippen LogP contribution is -2.51. The molecule has 0 bridgehead atoms. The summed E-state index contributed by atoms with van der Waals surface area (Å²) in [5.41, 5.74) is 0.410. The first kappa shape index (κ1) is 15.3. The summed E-state index contributed by atoms with van der Waals surface area (Å²) >= 11 is 0. The molecule has 0 aromatic carbocycles. The summed E-state index contributed by atoms with van der Waals surface area (Å²) < 4.78 is 23.9. The summed E-state index contributed by atoms with van der Waals surface area (Å²) in [6.07, 6.45) is 1.11. The van der Waals surface area contributed by atoms with Crippen LogP contribution in [-0.4, -0.2) is 50.9 Å². The minimum Gasteiger partial charge on any atom is -0.309 e. The molecule has 2 unspecified atom stereocenters. The van der Waals surface area contributed by atoms with E-state index >= 15 is 0 Å². The van der Waals surface area contributed by atoms with E-state index in [0.717, 1.165) is 6.26 Å². The van der Waals surface area contributed by atoms with Crippen molar-refractivity contribution in [3.8, 4) is 0 Å². The zero-order chi connectivity index (χ0) is 13.1. The van der Waals surface area contributed by atoms with Gasteiger partial charge in [-0.15, -0.1) is 0 Å². The standard InChI is InChI=1S/C10H20N2O3S/c1-7(2)10(13)9(11-4)8(3)12(5)16(6,14)15/h8-9,11H,1H2,2-6H3. The maximum absolute atomic E-state index is 11.8. The molecule has 1 N–H and O–H groups in total. The van der Waals surface area contributed by atoms with Crippen LogP contribution in [0.15, 0.2) is 12.2 Å². The molecule has 5 nitrogen and oxygen atoms in total. The van der Waals surface area contributed by atoms with Gasteiger partial charge in [-0.1, -0.05) is 6.58 Å². The molecule has 0 rings (SSSR count). The predicted molar refractivity (Wildman–Crippen MR) is 64.7 cm³/mol. The number of carbonyl (C=O) groups is 1. The van der Waals surface area contributed by atoms with E-state index in [1.807, 2.05) is 0 Å². The van der Waals surface area contributed by atoms with Gasteiger partial charge in [0.25, 0.3) is 0 Å². The molecule has 0 aliphatic rings. The van der Waals surface area contributed by atoms with Gasteiger partial charge in [-0.3, -0.25) is 4.79 Å². The fraction of sp³-hybridized carbons (Fsp3) is 0.700. The van der Waals surface area contributed by atoms with Gasteiger partial charge in [-0.25, -0.2) is 12.7 Å². The highest BCUT2D eigenvalue weighted by Crippen LogP contribution is 2.10. The molecule has 0 aliphatic heterocycles. The number of Topliss-reactive ketones (excluding diaryl/α,β-unsaturated/α-hetero) is 1. The molecule has 2 atom stereocenters. The van der Waals surface area contributed by atoms with Crippen molar-refractivity contribution in [2.24, 2.45) is 0 Å². The van der Waals surface area contributed by atoms with Gasteiger partial charge in [-0.2, -0.15) is 0 Å². The summed E-state index contributed by atoms with van der Waals surface area (Å²) in [5, 5.41) is 2.82. The molecular formula is C10H20N2O3S. The molecule has 0 spiro atoms. The number of rotatable bonds is 6.